The molecule has 1 aromatic heterocycles. The predicted octanol–water partition coefficient (Wildman–Crippen LogP) is 6.62. The lowest BCUT2D eigenvalue weighted by atomic mass is 10.3. The van der Waals surface area contributed by atoms with Gasteiger partial charge in [0.05, 0.1) is 16.0 Å². The van der Waals surface area contributed by atoms with Crippen molar-refractivity contribution in [1.29, 1.82) is 0 Å². The third kappa shape index (κ3) is 4.45. The van der Waals surface area contributed by atoms with Crippen molar-refractivity contribution in [2.24, 2.45) is 0 Å². The molecular weight excluding hydrogens is 377 g/mol. The smallest absolute Gasteiger partial charge is 0.413 e. The standard InChI is InChI=1S/C21H16NO3PS/c23-26(24-17-9-3-1-4-10-17,25-18-11-5-2-6-12-18)16-15-21-22-19-13-7-8-14-20(19)27-21/h1-16H. The minimum atomic E-state index is -3.59. The molecule has 27 heavy (non-hydrogen) atoms. The van der Waals surface area contributed by atoms with Crippen molar-refractivity contribution in [2.75, 3.05) is 0 Å². The minimum absolute atomic E-state index is 0.478. The second kappa shape index (κ2) is 7.78. The van der Waals surface area contributed by atoms with Gasteiger partial charge in [0.1, 0.15) is 16.5 Å². The molecule has 0 atom stereocenters. The highest BCUT2D eigenvalue weighted by Crippen LogP contribution is 2.50. The average Bonchev–Trinajstić information content (AvgIpc) is 3.11. The van der Waals surface area contributed by atoms with Crippen LogP contribution in [0.15, 0.2) is 90.7 Å². The van der Waals surface area contributed by atoms with Crippen LogP contribution in [0.4, 0.5) is 0 Å². The zero-order valence-electron chi connectivity index (χ0n) is 14.3. The van der Waals surface area contributed by atoms with Gasteiger partial charge in [0.25, 0.3) is 0 Å². The molecule has 0 unspecified atom stereocenters. The van der Waals surface area contributed by atoms with Crippen molar-refractivity contribution in [3.63, 3.8) is 0 Å². The van der Waals surface area contributed by atoms with Gasteiger partial charge in [-0.2, -0.15) is 0 Å². The van der Waals surface area contributed by atoms with E-state index in [2.05, 4.69) is 4.98 Å². The van der Waals surface area contributed by atoms with Crippen LogP contribution in [0.3, 0.4) is 0 Å². The Morgan fingerprint density at radius 3 is 1.93 bits per heavy atom. The summed E-state index contributed by atoms with van der Waals surface area (Å²) in [5.74, 6) is 2.42. The monoisotopic (exact) mass is 393 g/mol. The summed E-state index contributed by atoms with van der Waals surface area (Å²) in [7, 11) is -3.59. The van der Waals surface area contributed by atoms with Crippen molar-refractivity contribution in [3.8, 4) is 11.5 Å². The van der Waals surface area contributed by atoms with Gasteiger partial charge in [0.15, 0.2) is 0 Å². The highest BCUT2D eigenvalue weighted by molar-refractivity contribution is 7.58. The van der Waals surface area contributed by atoms with Crippen molar-refractivity contribution >= 4 is 35.2 Å². The number of para-hydroxylation sites is 3. The number of rotatable bonds is 6. The molecule has 0 saturated carbocycles. The van der Waals surface area contributed by atoms with Gasteiger partial charge in [-0.25, -0.2) is 9.55 Å². The van der Waals surface area contributed by atoms with Gasteiger partial charge in [-0.3, -0.25) is 0 Å². The van der Waals surface area contributed by atoms with Crippen LogP contribution in [-0.2, 0) is 4.57 Å². The van der Waals surface area contributed by atoms with Crippen molar-refractivity contribution in [1.82, 2.24) is 4.98 Å². The second-order valence-electron chi connectivity index (χ2n) is 5.68. The molecule has 4 aromatic rings. The Morgan fingerprint density at radius 2 is 1.33 bits per heavy atom. The molecule has 0 aliphatic heterocycles. The normalized spacial score (nSPS) is 11.7. The van der Waals surface area contributed by atoms with Gasteiger partial charge in [-0.05, 0) is 42.5 Å². The van der Waals surface area contributed by atoms with Crippen molar-refractivity contribution < 1.29 is 13.6 Å². The Hall–Kier alpha value is -2.88. The number of hydrogen-bond acceptors (Lipinski definition) is 5. The van der Waals surface area contributed by atoms with Crippen molar-refractivity contribution in [3.05, 3.63) is 95.8 Å². The molecule has 134 valence electrons. The largest absolute Gasteiger partial charge is 0.455 e. The van der Waals surface area contributed by atoms with Crippen LogP contribution in [0.25, 0.3) is 16.3 Å². The number of hydrogen-bond donors (Lipinski definition) is 0. The van der Waals surface area contributed by atoms with Crippen LogP contribution >= 0.6 is 18.9 Å². The van der Waals surface area contributed by atoms with E-state index in [9.17, 15) is 4.57 Å². The lowest BCUT2D eigenvalue weighted by Crippen LogP contribution is -1.98. The van der Waals surface area contributed by atoms with Crippen LogP contribution in [0.2, 0.25) is 0 Å². The van der Waals surface area contributed by atoms with E-state index in [4.69, 9.17) is 9.05 Å². The molecule has 0 bridgehead atoms. The van der Waals surface area contributed by atoms with Gasteiger partial charge in [-0.15, -0.1) is 11.3 Å². The predicted molar refractivity (Wildman–Crippen MR) is 110 cm³/mol. The van der Waals surface area contributed by atoms with E-state index in [1.165, 1.54) is 17.2 Å². The quantitative estimate of drug-likeness (QED) is 0.346. The van der Waals surface area contributed by atoms with Crippen LogP contribution in [0.1, 0.15) is 5.01 Å². The maximum Gasteiger partial charge on any atom is 0.455 e. The Kier molecular flexibility index (Phi) is 5.05. The van der Waals surface area contributed by atoms with E-state index in [1.54, 1.807) is 30.3 Å². The molecule has 4 nitrogen and oxygen atoms in total. The van der Waals surface area contributed by atoms with Crippen LogP contribution < -0.4 is 9.05 Å². The molecular formula is C21H16NO3PS. The highest BCUT2D eigenvalue weighted by atomic mass is 32.1. The maximum atomic E-state index is 13.4. The highest BCUT2D eigenvalue weighted by Gasteiger charge is 2.25. The molecule has 0 aliphatic carbocycles. The zero-order valence-corrected chi connectivity index (χ0v) is 16.0. The van der Waals surface area contributed by atoms with E-state index in [0.29, 0.717) is 11.5 Å². The van der Waals surface area contributed by atoms with Gasteiger partial charge in [0, 0.05) is 0 Å². The molecule has 1 heterocycles. The molecule has 0 saturated heterocycles. The van der Waals surface area contributed by atoms with E-state index in [-0.39, 0.29) is 0 Å². The minimum Gasteiger partial charge on any atom is -0.413 e. The molecule has 0 aliphatic rings. The molecule has 6 heteroatoms. The zero-order chi connectivity index (χ0) is 18.5. The number of nitrogens with zero attached hydrogens (tertiary/aromatic N) is 1. The number of fused-ring (bicyclic) bond motifs is 1. The van der Waals surface area contributed by atoms with Crippen LogP contribution in [0.5, 0.6) is 11.5 Å². The second-order valence-corrected chi connectivity index (χ2v) is 8.49. The Bertz CT molecular complexity index is 1030. The molecule has 4 rings (SSSR count). The first-order valence-electron chi connectivity index (χ1n) is 8.34. The Labute approximate surface area is 161 Å². The molecule has 0 fully saturated rings. The SMILES string of the molecule is O=P(C=Cc1nc2ccccc2s1)(Oc1ccccc1)Oc1ccccc1. The maximum absolute atomic E-state index is 13.4. The third-order valence-corrected chi connectivity index (χ3v) is 6.11. The van der Waals surface area contributed by atoms with E-state index >= 15 is 0 Å². The summed E-state index contributed by atoms with van der Waals surface area (Å²) in [6.45, 7) is 0. The van der Waals surface area contributed by atoms with Gasteiger partial charge in [0.2, 0.25) is 0 Å². The number of thiazole rings is 1. The molecule has 0 radical (unpaired) electrons. The van der Waals surface area contributed by atoms with Gasteiger partial charge in [-0.1, -0.05) is 48.5 Å². The fourth-order valence-corrected chi connectivity index (χ4v) is 4.74. The lowest BCUT2D eigenvalue weighted by molar-refractivity contribution is 0.398. The lowest BCUT2D eigenvalue weighted by Gasteiger charge is -2.16. The summed E-state index contributed by atoms with van der Waals surface area (Å²) in [5, 5.41) is 0.741. The van der Waals surface area contributed by atoms with Gasteiger partial charge >= 0.3 is 7.60 Å². The van der Waals surface area contributed by atoms with E-state index < -0.39 is 7.60 Å². The topological polar surface area (TPSA) is 48.4 Å². The molecule has 0 amide bonds. The summed E-state index contributed by atoms with van der Waals surface area (Å²) < 4.78 is 25.9. The number of aromatic nitrogens is 1. The molecule has 0 spiro atoms. The summed E-state index contributed by atoms with van der Waals surface area (Å²) in [6.07, 6.45) is 1.69. The van der Waals surface area contributed by atoms with Gasteiger partial charge < -0.3 is 9.05 Å². The Morgan fingerprint density at radius 1 is 0.778 bits per heavy atom. The Balaban J connectivity index is 1.65. The van der Waals surface area contributed by atoms with E-state index in [1.807, 2.05) is 60.7 Å². The first kappa shape index (κ1) is 17.5. The summed E-state index contributed by atoms with van der Waals surface area (Å²) >= 11 is 1.52. The van der Waals surface area contributed by atoms with E-state index in [0.717, 1.165) is 15.2 Å². The van der Waals surface area contributed by atoms with Crippen LogP contribution in [0, 0.1) is 0 Å². The average molecular weight is 393 g/mol. The summed E-state index contributed by atoms with van der Waals surface area (Å²) in [5.41, 5.74) is 0.907. The first-order chi connectivity index (χ1) is 13.2. The summed E-state index contributed by atoms with van der Waals surface area (Å²) in [6, 6.07) is 25.8. The van der Waals surface area contributed by atoms with Crippen molar-refractivity contribution in [2.45, 2.75) is 0 Å². The van der Waals surface area contributed by atoms with Crippen LogP contribution in [-0.4, -0.2) is 4.98 Å². The fourth-order valence-electron chi connectivity index (χ4n) is 2.45. The molecule has 0 N–H and O–H groups in total. The fraction of sp³-hybridized carbons (Fsp3) is 0. The summed E-state index contributed by atoms with van der Waals surface area (Å²) in [4.78, 5) is 4.53. The molecule has 3 aromatic carbocycles. The number of benzene rings is 3. The third-order valence-electron chi connectivity index (χ3n) is 3.66. The first-order valence-corrected chi connectivity index (χ1v) is 10.8.